The molecular formula is C25H38N4O6. The zero-order valence-electron chi connectivity index (χ0n) is 20.5. The highest BCUT2D eigenvalue weighted by Crippen LogP contribution is 2.09. The van der Waals surface area contributed by atoms with Crippen LogP contribution in [0.1, 0.15) is 51.5 Å². The van der Waals surface area contributed by atoms with Gasteiger partial charge in [0, 0.05) is 6.42 Å². The van der Waals surface area contributed by atoms with Crippen molar-refractivity contribution in [2.75, 3.05) is 13.1 Å². The van der Waals surface area contributed by atoms with E-state index in [0.29, 0.717) is 12.8 Å². The van der Waals surface area contributed by atoms with Gasteiger partial charge in [0.15, 0.2) is 0 Å². The van der Waals surface area contributed by atoms with Crippen molar-refractivity contribution in [2.45, 2.75) is 76.5 Å². The van der Waals surface area contributed by atoms with Crippen LogP contribution >= 0.6 is 0 Å². The van der Waals surface area contributed by atoms with Gasteiger partial charge in [0.1, 0.15) is 12.1 Å². The number of amides is 2. The molecule has 2 amide bonds. The summed E-state index contributed by atoms with van der Waals surface area (Å²) in [6, 6.07) is 7.19. The normalized spacial score (nSPS) is 20.9. The van der Waals surface area contributed by atoms with E-state index in [9.17, 15) is 24.3 Å². The molecule has 2 fully saturated rings. The smallest absolute Gasteiger partial charge is 0.326 e. The van der Waals surface area contributed by atoms with E-state index in [1.807, 2.05) is 44.2 Å². The van der Waals surface area contributed by atoms with Crippen molar-refractivity contribution in [3.63, 3.8) is 0 Å². The molecule has 10 heteroatoms. The molecule has 0 spiro atoms. The van der Waals surface area contributed by atoms with Crippen LogP contribution in [-0.2, 0) is 25.6 Å². The van der Waals surface area contributed by atoms with Gasteiger partial charge in [-0.2, -0.15) is 0 Å². The zero-order valence-corrected chi connectivity index (χ0v) is 20.5. The van der Waals surface area contributed by atoms with Crippen LogP contribution in [0.15, 0.2) is 30.3 Å². The Bertz CT molecular complexity index is 836. The SMILES string of the molecule is CC(C)C[C@H](NC(=O)[C@@H]1CCCN1)C(=O)O.O=C(O)[C@H](Cc1ccccc1)NC(=O)[C@@H]1CCCN1. The second kappa shape index (κ2) is 14.4. The predicted molar refractivity (Wildman–Crippen MR) is 131 cm³/mol. The molecule has 4 atom stereocenters. The lowest BCUT2D eigenvalue weighted by atomic mass is 10.0. The fourth-order valence-electron chi connectivity index (χ4n) is 4.10. The number of carbonyl (C=O) groups excluding carboxylic acids is 2. The van der Waals surface area contributed by atoms with Crippen molar-refractivity contribution in [2.24, 2.45) is 5.92 Å². The van der Waals surface area contributed by atoms with Gasteiger partial charge >= 0.3 is 11.9 Å². The summed E-state index contributed by atoms with van der Waals surface area (Å²) in [5.41, 5.74) is 0.898. The Morgan fingerprint density at radius 1 is 0.857 bits per heavy atom. The summed E-state index contributed by atoms with van der Waals surface area (Å²) >= 11 is 0. The maximum atomic E-state index is 11.9. The van der Waals surface area contributed by atoms with Gasteiger partial charge in [0.05, 0.1) is 12.1 Å². The molecule has 0 radical (unpaired) electrons. The van der Waals surface area contributed by atoms with E-state index in [2.05, 4.69) is 21.3 Å². The number of carbonyl (C=O) groups is 4. The van der Waals surface area contributed by atoms with Crippen molar-refractivity contribution < 1.29 is 29.4 Å². The number of carboxylic acid groups (broad SMARTS) is 2. The summed E-state index contributed by atoms with van der Waals surface area (Å²) in [4.78, 5) is 45.8. The Hall–Kier alpha value is -2.98. The Morgan fingerprint density at radius 2 is 1.34 bits per heavy atom. The molecule has 35 heavy (non-hydrogen) atoms. The molecule has 3 rings (SSSR count). The highest BCUT2D eigenvalue weighted by atomic mass is 16.4. The van der Waals surface area contributed by atoms with E-state index >= 15 is 0 Å². The lowest BCUT2D eigenvalue weighted by molar-refractivity contribution is -0.142. The number of hydrogen-bond acceptors (Lipinski definition) is 6. The Morgan fingerprint density at radius 3 is 1.74 bits per heavy atom. The van der Waals surface area contributed by atoms with Gasteiger partial charge in [-0.15, -0.1) is 0 Å². The third-order valence-electron chi connectivity index (χ3n) is 5.97. The molecule has 2 heterocycles. The first-order chi connectivity index (χ1) is 16.7. The Labute approximate surface area is 206 Å². The summed E-state index contributed by atoms with van der Waals surface area (Å²) < 4.78 is 0. The minimum absolute atomic E-state index is 0.189. The molecule has 0 bridgehead atoms. The summed E-state index contributed by atoms with van der Waals surface area (Å²) in [6.07, 6.45) is 4.25. The first-order valence-corrected chi connectivity index (χ1v) is 12.2. The molecule has 2 saturated heterocycles. The van der Waals surface area contributed by atoms with Crippen LogP contribution in [0.3, 0.4) is 0 Å². The number of benzene rings is 1. The van der Waals surface area contributed by atoms with Crippen molar-refractivity contribution in [3.05, 3.63) is 35.9 Å². The van der Waals surface area contributed by atoms with Crippen LogP contribution in [0.25, 0.3) is 0 Å². The van der Waals surface area contributed by atoms with Crippen molar-refractivity contribution in [1.82, 2.24) is 21.3 Å². The Kier molecular flexibility index (Phi) is 11.6. The van der Waals surface area contributed by atoms with Crippen LogP contribution < -0.4 is 21.3 Å². The van der Waals surface area contributed by atoms with E-state index in [1.165, 1.54) is 0 Å². The molecule has 0 unspecified atom stereocenters. The number of aliphatic carboxylic acids is 2. The van der Waals surface area contributed by atoms with Gasteiger partial charge in [-0.3, -0.25) is 9.59 Å². The minimum Gasteiger partial charge on any atom is -0.480 e. The highest BCUT2D eigenvalue weighted by molar-refractivity contribution is 5.87. The zero-order chi connectivity index (χ0) is 25.8. The van der Waals surface area contributed by atoms with Crippen LogP contribution in [0, 0.1) is 5.92 Å². The second-order valence-electron chi connectivity index (χ2n) is 9.42. The number of hydrogen-bond donors (Lipinski definition) is 6. The van der Waals surface area contributed by atoms with Crippen molar-refractivity contribution in [3.8, 4) is 0 Å². The predicted octanol–water partition coefficient (Wildman–Crippen LogP) is 0.904. The lowest BCUT2D eigenvalue weighted by Gasteiger charge is -2.18. The van der Waals surface area contributed by atoms with Gasteiger partial charge in [-0.05, 0) is 56.7 Å². The standard InChI is InChI=1S/C14H18N2O3.C11H20N2O3/c17-13(11-7-4-8-15-11)16-12(14(18)19)9-10-5-2-1-3-6-10;1-7(2)6-9(11(15)16)13-10(14)8-4-3-5-12-8/h1-3,5-6,11-12,15H,4,7-9H2,(H,16,17)(H,18,19);7-9,12H,3-6H2,1-2H3,(H,13,14)(H,15,16)/t11-,12-;8-,9-/m00/s1. The molecule has 6 N–H and O–H groups in total. The number of rotatable bonds is 10. The third kappa shape index (κ3) is 10.0. The molecule has 194 valence electrons. The fourth-order valence-corrected chi connectivity index (χ4v) is 4.10. The van der Waals surface area contributed by atoms with E-state index in [4.69, 9.17) is 5.11 Å². The average Bonchev–Trinajstić information content (AvgIpc) is 3.53. The van der Waals surface area contributed by atoms with Crippen LogP contribution in [0.4, 0.5) is 0 Å². The molecule has 10 nitrogen and oxygen atoms in total. The number of nitrogens with one attached hydrogen (secondary N) is 4. The first-order valence-electron chi connectivity index (χ1n) is 12.2. The van der Waals surface area contributed by atoms with Crippen LogP contribution in [0.5, 0.6) is 0 Å². The van der Waals surface area contributed by atoms with Gasteiger partial charge in [-0.25, -0.2) is 9.59 Å². The third-order valence-corrected chi connectivity index (χ3v) is 5.97. The van der Waals surface area contributed by atoms with Gasteiger partial charge in [-0.1, -0.05) is 44.2 Å². The quantitative estimate of drug-likeness (QED) is 0.282. The molecule has 2 aliphatic rings. The Balaban J connectivity index is 0.000000251. The van der Waals surface area contributed by atoms with Gasteiger partial charge in [0.25, 0.3) is 0 Å². The van der Waals surface area contributed by atoms with Crippen molar-refractivity contribution >= 4 is 23.8 Å². The van der Waals surface area contributed by atoms with Crippen molar-refractivity contribution in [1.29, 1.82) is 0 Å². The maximum Gasteiger partial charge on any atom is 0.326 e. The molecule has 0 aromatic heterocycles. The average molecular weight is 491 g/mol. The highest BCUT2D eigenvalue weighted by Gasteiger charge is 2.28. The van der Waals surface area contributed by atoms with E-state index in [1.54, 1.807) is 0 Å². The minimum atomic E-state index is -1.00. The molecule has 1 aromatic carbocycles. The monoisotopic (exact) mass is 490 g/mol. The maximum absolute atomic E-state index is 11.9. The largest absolute Gasteiger partial charge is 0.480 e. The summed E-state index contributed by atoms with van der Waals surface area (Å²) in [7, 11) is 0. The van der Waals surface area contributed by atoms with E-state index in [0.717, 1.165) is 44.3 Å². The van der Waals surface area contributed by atoms with Gasteiger partial charge in [0.2, 0.25) is 11.8 Å². The fraction of sp³-hybridized carbons (Fsp3) is 0.600. The van der Waals surface area contributed by atoms with Crippen LogP contribution in [0.2, 0.25) is 0 Å². The summed E-state index contributed by atoms with van der Waals surface area (Å²) in [5.74, 6) is -2.13. The molecule has 0 saturated carbocycles. The lowest BCUT2D eigenvalue weighted by Crippen LogP contribution is -2.49. The summed E-state index contributed by atoms with van der Waals surface area (Å²) in [5, 5.41) is 29.5. The molecular weight excluding hydrogens is 452 g/mol. The number of carboxylic acids is 2. The first kappa shape index (κ1) is 28.3. The topological polar surface area (TPSA) is 157 Å². The molecule has 1 aromatic rings. The van der Waals surface area contributed by atoms with Crippen LogP contribution in [-0.4, -0.2) is 71.2 Å². The molecule has 0 aliphatic carbocycles. The summed E-state index contributed by atoms with van der Waals surface area (Å²) in [6.45, 7) is 5.53. The molecule has 2 aliphatic heterocycles. The second-order valence-corrected chi connectivity index (χ2v) is 9.42. The van der Waals surface area contributed by atoms with E-state index in [-0.39, 0.29) is 29.8 Å². The van der Waals surface area contributed by atoms with E-state index < -0.39 is 24.0 Å². The van der Waals surface area contributed by atoms with Gasteiger partial charge < -0.3 is 31.5 Å².